The predicted molar refractivity (Wildman–Crippen MR) is 86.5 cm³/mol. The molecule has 0 saturated carbocycles. The lowest BCUT2D eigenvalue weighted by atomic mass is 10.3. The second kappa shape index (κ2) is 6.40. The van der Waals surface area contributed by atoms with Crippen molar-refractivity contribution in [3.63, 3.8) is 0 Å². The van der Waals surface area contributed by atoms with Gasteiger partial charge in [-0.1, -0.05) is 12.1 Å². The van der Waals surface area contributed by atoms with E-state index in [9.17, 15) is 23.3 Å². The molecule has 24 heavy (non-hydrogen) atoms. The van der Waals surface area contributed by atoms with E-state index in [2.05, 4.69) is 10.4 Å². The zero-order chi connectivity index (χ0) is 18.1. The number of aromatic nitrogens is 2. The van der Waals surface area contributed by atoms with Gasteiger partial charge in [-0.25, -0.2) is 8.42 Å². The van der Waals surface area contributed by atoms with Crippen molar-refractivity contribution >= 4 is 27.1 Å². The Hall–Kier alpha value is -2.75. The molecule has 0 atom stereocenters. The van der Waals surface area contributed by atoms with Crippen LogP contribution in [0.15, 0.2) is 29.2 Å². The van der Waals surface area contributed by atoms with E-state index in [1.165, 1.54) is 30.7 Å². The molecule has 2 rings (SSSR count). The van der Waals surface area contributed by atoms with Crippen LogP contribution in [0, 0.1) is 24.0 Å². The standard InChI is InChI=1S/C14H16N4O5S/c1-9-14(18(20)21)10(2)17(16-9)8-13(19)15-11-6-4-5-7-12(11)24(3,22)23/h4-7H,8H2,1-3H3,(H,15,19). The number of sulfone groups is 1. The quantitative estimate of drug-likeness (QED) is 0.641. The highest BCUT2D eigenvalue weighted by molar-refractivity contribution is 7.90. The van der Waals surface area contributed by atoms with Crippen molar-refractivity contribution in [2.75, 3.05) is 11.6 Å². The Morgan fingerprint density at radius 2 is 1.96 bits per heavy atom. The summed E-state index contributed by atoms with van der Waals surface area (Å²) in [5, 5.41) is 17.5. The molecular formula is C14H16N4O5S. The zero-order valence-electron chi connectivity index (χ0n) is 13.3. The molecule has 128 valence electrons. The largest absolute Gasteiger partial charge is 0.323 e. The van der Waals surface area contributed by atoms with Gasteiger partial charge in [-0.3, -0.25) is 19.6 Å². The summed E-state index contributed by atoms with van der Waals surface area (Å²) in [6, 6.07) is 6.01. The summed E-state index contributed by atoms with van der Waals surface area (Å²) < 4.78 is 24.7. The first-order valence-corrected chi connectivity index (χ1v) is 8.77. The van der Waals surface area contributed by atoms with Crippen LogP contribution in [0.1, 0.15) is 11.4 Å². The highest BCUT2D eigenvalue weighted by atomic mass is 32.2. The third-order valence-electron chi connectivity index (χ3n) is 3.38. The minimum atomic E-state index is -3.50. The maximum atomic E-state index is 12.2. The summed E-state index contributed by atoms with van der Waals surface area (Å²) in [4.78, 5) is 22.6. The Labute approximate surface area is 138 Å². The smallest absolute Gasteiger partial charge is 0.312 e. The van der Waals surface area contributed by atoms with Gasteiger partial charge >= 0.3 is 5.69 Å². The number of carbonyl (C=O) groups excluding carboxylic acids is 1. The van der Waals surface area contributed by atoms with Crippen LogP contribution in [-0.4, -0.2) is 35.3 Å². The van der Waals surface area contributed by atoms with Crippen molar-refractivity contribution in [2.45, 2.75) is 25.3 Å². The van der Waals surface area contributed by atoms with Crippen molar-refractivity contribution in [3.05, 3.63) is 45.8 Å². The normalized spacial score (nSPS) is 11.3. The molecule has 1 aromatic heterocycles. The first-order valence-electron chi connectivity index (χ1n) is 6.88. The number of para-hydroxylation sites is 1. The topological polar surface area (TPSA) is 124 Å². The molecule has 0 aliphatic carbocycles. The van der Waals surface area contributed by atoms with Gasteiger partial charge in [0.15, 0.2) is 9.84 Å². The third kappa shape index (κ3) is 3.59. The number of aryl methyl sites for hydroxylation is 1. The van der Waals surface area contributed by atoms with Gasteiger partial charge in [-0.15, -0.1) is 0 Å². The van der Waals surface area contributed by atoms with Crippen molar-refractivity contribution in [1.82, 2.24) is 9.78 Å². The second-order valence-electron chi connectivity index (χ2n) is 5.25. The fourth-order valence-electron chi connectivity index (χ4n) is 2.32. The van der Waals surface area contributed by atoms with E-state index in [0.717, 1.165) is 6.26 Å². The van der Waals surface area contributed by atoms with Crippen LogP contribution in [-0.2, 0) is 21.2 Å². The number of amides is 1. The molecule has 0 fully saturated rings. The van der Waals surface area contributed by atoms with Gasteiger partial charge in [0, 0.05) is 6.26 Å². The molecule has 2 aromatic rings. The fourth-order valence-corrected chi connectivity index (χ4v) is 3.17. The fraction of sp³-hybridized carbons (Fsp3) is 0.286. The van der Waals surface area contributed by atoms with Gasteiger partial charge in [0.25, 0.3) is 0 Å². The highest BCUT2D eigenvalue weighted by Gasteiger charge is 2.23. The number of rotatable bonds is 5. The molecule has 0 radical (unpaired) electrons. The Kier molecular flexibility index (Phi) is 4.69. The van der Waals surface area contributed by atoms with E-state index >= 15 is 0 Å². The zero-order valence-corrected chi connectivity index (χ0v) is 14.1. The number of anilines is 1. The number of hydrogen-bond donors (Lipinski definition) is 1. The second-order valence-corrected chi connectivity index (χ2v) is 7.23. The number of benzene rings is 1. The molecule has 0 unspecified atom stereocenters. The molecule has 0 spiro atoms. The maximum absolute atomic E-state index is 12.2. The number of nitro groups is 1. The monoisotopic (exact) mass is 352 g/mol. The summed E-state index contributed by atoms with van der Waals surface area (Å²) in [6.07, 6.45) is 1.04. The summed E-state index contributed by atoms with van der Waals surface area (Å²) in [7, 11) is -3.50. The van der Waals surface area contributed by atoms with Gasteiger partial charge in [0.1, 0.15) is 17.9 Å². The highest BCUT2D eigenvalue weighted by Crippen LogP contribution is 2.23. The van der Waals surface area contributed by atoms with Crippen molar-refractivity contribution in [1.29, 1.82) is 0 Å². The molecule has 0 aliphatic heterocycles. The van der Waals surface area contributed by atoms with E-state index in [1.54, 1.807) is 12.1 Å². The van der Waals surface area contributed by atoms with Crippen molar-refractivity contribution in [3.8, 4) is 0 Å². The van der Waals surface area contributed by atoms with Crippen molar-refractivity contribution < 1.29 is 18.1 Å². The lowest BCUT2D eigenvalue weighted by molar-refractivity contribution is -0.386. The van der Waals surface area contributed by atoms with E-state index < -0.39 is 20.7 Å². The number of hydrogen-bond acceptors (Lipinski definition) is 6. The van der Waals surface area contributed by atoms with Gasteiger partial charge in [-0.2, -0.15) is 5.10 Å². The van der Waals surface area contributed by atoms with Crippen LogP contribution >= 0.6 is 0 Å². The lowest BCUT2D eigenvalue weighted by Gasteiger charge is -2.10. The first-order chi connectivity index (χ1) is 11.1. The molecule has 1 aromatic carbocycles. The molecule has 9 nitrogen and oxygen atoms in total. The summed E-state index contributed by atoms with van der Waals surface area (Å²) >= 11 is 0. The number of nitrogens with one attached hydrogen (secondary N) is 1. The van der Waals surface area contributed by atoms with Gasteiger partial charge in [0.05, 0.1) is 15.5 Å². The third-order valence-corrected chi connectivity index (χ3v) is 4.53. The van der Waals surface area contributed by atoms with E-state index in [-0.39, 0.29) is 34.2 Å². The SMILES string of the molecule is Cc1nn(CC(=O)Nc2ccccc2S(C)(=O)=O)c(C)c1[N+](=O)[O-]. The molecule has 1 heterocycles. The number of carbonyl (C=O) groups is 1. The molecule has 0 aliphatic rings. The van der Waals surface area contributed by atoms with Crippen LogP contribution in [0.5, 0.6) is 0 Å². The molecule has 0 bridgehead atoms. The first kappa shape index (κ1) is 17.6. The molecular weight excluding hydrogens is 336 g/mol. The average Bonchev–Trinajstić information content (AvgIpc) is 2.72. The van der Waals surface area contributed by atoms with Crippen molar-refractivity contribution in [2.24, 2.45) is 0 Å². The lowest BCUT2D eigenvalue weighted by Crippen LogP contribution is -2.21. The molecule has 1 amide bonds. The Bertz CT molecular complexity index is 917. The molecule has 10 heteroatoms. The Morgan fingerprint density at radius 1 is 1.33 bits per heavy atom. The predicted octanol–water partition coefficient (Wildman–Crippen LogP) is 1.45. The van der Waals surface area contributed by atoms with Crippen LogP contribution in [0.2, 0.25) is 0 Å². The van der Waals surface area contributed by atoms with Crippen LogP contribution in [0.4, 0.5) is 11.4 Å². The van der Waals surface area contributed by atoms with E-state index in [0.29, 0.717) is 0 Å². The van der Waals surface area contributed by atoms with Crippen LogP contribution in [0.25, 0.3) is 0 Å². The van der Waals surface area contributed by atoms with Gasteiger partial charge < -0.3 is 5.32 Å². The minimum absolute atomic E-state index is 0.00213. The maximum Gasteiger partial charge on any atom is 0.312 e. The molecule has 1 N–H and O–H groups in total. The summed E-state index contributed by atoms with van der Waals surface area (Å²) in [5.41, 5.74) is 0.478. The Balaban J connectivity index is 2.25. The van der Waals surface area contributed by atoms with E-state index in [4.69, 9.17) is 0 Å². The molecule has 0 saturated heterocycles. The average molecular weight is 352 g/mol. The van der Waals surface area contributed by atoms with Crippen LogP contribution in [0.3, 0.4) is 0 Å². The summed E-state index contributed by atoms with van der Waals surface area (Å²) in [6.45, 7) is 2.72. The number of nitrogens with zero attached hydrogens (tertiary/aromatic N) is 3. The van der Waals surface area contributed by atoms with Crippen LogP contribution < -0.4 is 5.32 Å². The van der Waals surface area contributed by atoms with Gasteiger partial charge in [0.2, 0.25) is 5.91 Å². The minimum Gasteiger partial charge on any atom is -0.323 e. The Morgan fingerprint density at radius 3 is 2.50 bits per heavy atom. The van der Waals surface area contributed by atoms with Gasteiger partial charge in [-0.05, 0) is 26.0 Å². The van der Waals surface area contributed by atoms with E-state index in [1.807, 2.05) is 0 Å². The summed E-state index contributed by atoms with van der Waals surface area (Å²) in [5.74, 6) is -0.536.